The van der Waals surface area contributed by atoms with Crippen LogP contribution in [0.2, 0.25) is 5.02 Å². The van der Waals surface area contributed by atoms with Crippen LogP contribution in [0.3, 0.4) is 0 Å². The third-order valence-electron chi connectivity index (χ3n) is 2.52. The van der Waals surface area contributed by atoms with Crippen LogP contribution in [0.1, 0.15) is 29.4 Å². The highest BCUT2D eigenvalue weighted by Crippen LogP contribution is 2.33. The Bertz CT molecular complexity index is 353. The zero-order valence-electron chi connectivity index (χ0n) is 7.88. The second kappa shape index (κ2) is 3.65. The molecule has 1 aliphatic rings. The molecule has 1 fully saturated rings. The SMILES string of the molecule is CC1(C(=O)c2sccc2Cl)CCCO1. The van der Waals surface area contributed by atoms with Gasteiger partial charge in [0.15, 0.2) is 0 Å². The Kier molecular flexibility index (Phi) is 2.64. The lowest BCUT2D eigenvalue weighted by atomic mass is 9.96. The Labute approximate surface area is 91.8 Å². The molecule has 1 unspecified atom stereocenters. The van der Waals surface area contributed by atoms with Crippen molar-refractivity contribution >= 4 is 28.7 Å². The van der Waals surface area contributed by atoms with E-state index in [1.54, 1.807) is 6.07 Å². The fraction of sp³-hybridized carbons (Fsp3) is 0.500. The lowest BCUT2D eigenvalue weighted by Gasteiger charge is -2.20. The van der Waals surface area contributed by atoms with E-state index in [1.165, 1.54) is 11.3 Å². The number of thiophene rings is 1. The van der Waals surface area contributed by atoms with E-state index in [1.807, 2.05) is 12.3 Å². The molecule has 0 N–H and O–H groups in total. The highest BCUT2D eigenvalue weighted by atomic mass is 35.5. The monoisotopic (exact) mass is 230 g/mol. The van der Waals surface area contributed by atoms with Crippen molar-refractivity contribution in [1.82, 2.24) is 0 Å². The lowest BCUT2D eigenvalue weighted by Crippen LogP contribution is -2.33. The van der Waals surface area contributed by atoms with Crippen LogP contribution in [0.5, 0.6) is 0 Å². The summed E-state index contributed by atoms with van der Waals surface area (Å²) in [5.41, 5.74) is -0.644. The average Bonchev–Trinajstić information content (AvgIpc) is 2.74. The molecule has 1 atom stereocenters. The van der Waals surface area contributed by atoms with Gasteiger partial charge in [0, 0.05) is 6.61 Å². The summed E-state index contributed by atoms with van der Waals surface area (Å²) in [7, 11) is 0. The van der Waals surface area contributed by atoms with Gasteiger partial charge in [-0.3, -0.25) is 4.79 Å². The maximum Gasteiger partial charge on any atom is 0.205 e. The van der Waals surface area contributed by atoms with Crippen molar-refractivity contribution in [3.05, 3.63) is 21.3 Å². The standard InChI is InChI=1S/C10H11ClO2S/c1-10(4-2-5-13-10)9(12)8-7(11)3-6-14-8/h3,6H,2,4-5H2,1H3. The number of carbonyl (C=O) groups excluding carboxylic acids is 1. The lowest BCUT2D eigenvalue weighted by molar-refractivity contribution is 0.0217. The van der Waals surface area contributed by atoms with Gasteiger partial charge in [0.25, 0.3) is 0 Å². The van der Waals surface area contributed by atoms with Crippen molar-refractivity contribution < 1.29 is 9.53 Å². The van der Waals surface area contributed by atoms with Crippen molar-refractivity contribution in [3.8, 4) is 0 Å². The van der Waals surface area contributed by atoms with Crippen molar-refractivity contribution in [2.24, 2.45) is 0 Å². The number of hydrogen-bond donors (Lipinski definition) is 0. The topological polar surface area (TPSA) is 26.3 Å². The summed E-state index contributed by atoms with van der Waals surface area (Å²) in [5.74, 6) is 0.0231. The molecular weight excluding hydrogens is 220 g/mol. The zero-order valence-corrected chi connectivity index (χ0v) is 9.45. The Hall–Kier alpha value is -0.380. The maximum absolute atomic E-state index is 12.1. The van der Waals surface area contributed by atoms with Gasteiger partial charge in [0.05, 0.1) is 9.90 Å². The van der Waals surface area contributed by atoms with Crippen LogP contribution >= 0.6 is 22.9 Å². The van der Waals surface area contributed by atoms with E-state index in [4.69, 9.17) is 16.3 Å². The summed E-state index contributed by atoms with van der Waals surface area (Å²) < 4.78 is 5.48. The van der Waals surface area contributed by atoms with E-state index in [0.717, 1.165) is 12.8 Å². The summed E-state index contributed by atoms with van der Waals surface area (Å²) in [4.78, 5) is 12.7. The Balaban J connectivity index is 2.28. The van der Waals surface area contributed by atoms with E-state index in [2.05, 4.69) is 0 Å². The Morgan fingerprint density at radius 3 is 3.00 bits per heavy atom. The van der Waals surface area contributed by atoms with Crippen LogP contribution in [0.4, 0.5) is 0 Å². The zero-order chi connectivity index (χ0) is 10.2. The predicted molar refractivity (Wildman–Crippen MR) is 57.3 cm³/mol. The number of halogens is 1. The summed E-state index contributed by atoms with van der Waals surface area (Å²) >= 11 is 7.29. The molecule has 1 saturated heterocycles. The molecule has 2 nitrogen and oxygen atoms in total. The van der Waals surface area contributed by atoms with Gasteiger partial charge < -0.3 is 4.74 Å². The summed E-state index contributed by atoms with van der Waals surface area (Å²) in [5, 5.41) is 2.37. The molecule has 0 spiro atoms. The van der Waals surface area contributed by atoms with Crippen LogP contribution in [0.15, 0.2) is 11.4 Å². The second-order valence-corrected chi connectivity index (χ2v) is 4.93. The van der Waals surface area contributed by atoms with Gasteiger partial charge in [-0.2, -0.15) is 0 Å². The number of rotatable bonds is 2. The van der Waals surface area contributed by atoms with Gasteiger partial charge in [-0.05, 0) is 31.2 Å². The molecular formula is C10H11ClO2S. The quantitative estimate of drug-likeness (QED) is 0.730. The molecule has 0 aliphatic carbocycles. The first-order valence-electron chi connectivity index (χ1n) is 4.55. The van der Waals surface area contributed by atoms with Crippen LogP contribution in [-0.4, -0.2) is 18.0 Å². The third kappa shape index (κ3) is 1.60. The minimum atomic E-state index is -0.644. The average molecular weight is 231 g/mol. The highest BCUT2D eigenvalue weighted by Gasteiger charge is 2.39. The van der Waals surface area contributed by atoms with Gasteiger partial charge in [-0.15, -0.1) is 11.3 Å². The normalized spacial score (nSPS) is 26.7. The van der Waals surface area contributed by atoms with E-state index >= 15 is 0 Å². The second-order valence-electron chi connectivity index (χ2n) is 3.61. The molecule has 0 saturated carbocycles. The maximum atomic E-state index is 12.1. The Morgan fingerprint density at radius 2 is 2.50 bits per heavy atom. The molecule has 4 heteroatoms. The van der Waals surface area contributed by atoms with Crippen LogP contribution in [0, 0.1) is 0 Å². The molecule has 0 bridgehead atoms. The van der Waals surface area contributed by atoms with Crippen LogP contribution in [0.25, 0.3) is 0 Å². The van der Waals surface area contributed by atoms with Gasteiger partial charge in [0.2, 0.25) is 5.78 Å². The molecule has 14 heavy (non-hydrogen) atoms. The first-order chi connectivity index (χ1) is 6.63. The largest absolute Gasteiger partial charge is 0.367 e. The number of ketones is 1. The number of Topliss-reactive ketones (excluding diaryl/α,β-unsaturated/α-hetero) is 1. The van der Waals surface area contributed by atoms with E-state index < -0.39 is 5.60 Å². The molecule has 0 amide bonds. The fourth-order valence-corrected chi connectivity index (χ4v) is 2.86. The highest BCUT2D eigenvalue weighted by molar-refractivity contribution is 7.12. The Morgan fingerprint density at radius 1 is 1.71 bits per heavy atom. The van der Waals surface area contributed by atoms with E-state index in [-0.39, 0.29) is 5.78 Å². The van der Waals surface area contributed by atoms with E-state index in [0.29, 0.717) is 16.5 Å². The number of carbonyl (C=O) groups is 1. The van der Waals surface area contributed by atoms with Crippen LogP contribution in [-0.2, 0) is 4.74 Å². The van der Waals surface area contributed by atoms with Crippen molar-refractivity contribution in [1.29, 1.82) is 0 Å². The first-order valence-corrected chi connectivity index (χ1v) is 5.81. The summed E-state index contributed by atoms with van der Waals surface area (Å²) in [6, 6.07) is 1.75. The predicted octanol–water partition coefficient (Wildman–Crippen LogP) is 3.15. The summed E-state index contributed by atoms with van der Waals surface area (Å²) in [6.07, 6.45) is 1.74. The summed E-state index contributed by atoms with van der Waals surface area (Å²) in [6.45, 7) is 2.52. The molecule has 2 rings (SSSR count). The smallest absolute Gasteiger partial charge is 0.205 e. The fourth-order valence-electron chi connectivity index (χ4n) is 1.65. The number of ether oxygens (including phenoxy) is 1. The van der Waals surface area contributed by atoms with E-state index in [9.17, 15) is 4.79 Å². The molecule has 2 heterocycles. The minimum absolute atomic E-state index is 0.0231. The molecule has 0 radical (unpaired) electrons. The van der Waals surface area contributed by atoms with Crippen molar-refractivity contribution in [2.45, 2.75) is 25.4 Å². The first kappa shape index (κ1) is 10.1. The van der Waals surface area contributed by atoms with Gasteiger partial charge in [0.1, 0.15) is 5.60 Å². The van der Waals surface area contributed by atoms with Crippen molar-refractivity contribution in [2.75, 3.05) is 6.61 Å². The van der Waals surface area contributed by atoms with Crippen molar-refractivity contribution in [3.63, 3.8) is 0 Å². The molecule has 1 aromatic rings. The molecule has 0 aromatic carbocycles. The molecule has 1 aliphatic heterocycles. The minimum Gasteiger partial charge on any atom is -0.367 e. The van der Waals surface area contributed by atoms with Crippen LogP contribution < -0.4 is 0 Å². The van der Waals surface area contributed by atoms with Gasteiger partial charge in [-0.1, -0.05) is 11.6 Å². The molecule has 1 aromatic heterocycles. The van der Waals surface area contributed by atoms with Gasteiger partial charge in [-0.25, -0.2) is 0 Å². The number of hydrogen-bond acceptors (Lipinski definition) is 3. The third-order valence-corrected chi connectivity index (χ3v) is 3.86. The molecule has 76 valence electrons. The van der Waals surface area contributed by atoms with Gasteiger partial charge >= 0.3 is 0 Å².